The van der Waals surface area contributed by atoms with Gasteiger partial charge in [-0.05, 0) is 67.8 Å². The molecule has 2 unspecified atom stereocenters. The number of alkyl halides is 1. The molecule has 2 N–H and O–H groups in total. The number of halogens is 1. The Balaban J connectivity index is 1.33. The number of imidazole rings is 1. The Morgan fingerprint density at radius 3 is 2.76 bits per heavy atom. The number of aromatic hydroxyl groups is 1. The number of pyridine rings is 1. The maximum Gasteiger partial charge on any atom is 0.233 e. The highest BCUT2D eigenvalue weighted by Gasteiger charge is 2.29. The van der Waals surface area contributed by atoms with E-state index in [0.717, 1.165) is 29.6 Å². The average molecular weight is 448 g/mol. The molecule has 1 fully saturated rings. The monoisotopic (exact) mass is 447 g/mol. The van der Waals surface area contributed by atoms with Crippen molar-refractivity contribution in [1.29, 1.82) is 0 Å². The van der Waals surface area contributed by atoms with Crippen molar-refractivity contribution in [3.8, 4) is 34.0 Å². The van der Waals surface area contributed by atoms with Crippen molar-refractivity contribution in [2.24, 2.45) is 0 Å². The number of nitrogens with one attached hydrogen (secondary N) is 1. The fourth-order valence-corrected chi connectivity index (χ4v) is 4.38. The third kappa shape index (κ3) is 4.52. The Labute approximate surface area is 191 Å². The van der Waals surface area contributed by atoms with Crippen LogP contribution < -0.4 is 10.1 Å². The van der Waals surface area contributed by atoms with Crippen molar-refractivity contribution in [1.82, 2.24) is 24.9 Å². The molecule has 0 spiro atoms. The van der Waals surface area contributed by atoms with E-state index in [1.54, 1.807) is 24.4 Å². The molecular weight excluding hydrogens is 421 g/mol. The molecule has 1 aliphatic rings. The lowest BCUT2D eigenvalue weighted by molar-refractivity contribution is 0.0837. The van der Waals surface area contributed by atoms with Gasteiger partial charge in [0.25, 0.3) is 0 Å². The topological polar surface area (TPSA) is 84.6 Å². The number of phenols is 1. The predicted octanol–water partition coefficient (Wildman–Crippen LogP) is 4.41. The van der Waals surface area contributed by atoms with Crippen LogP contribution in [0.3, 0.4) is 0 Å². The number of benzene rings is 1. The van der Waals surface area contributed by atoms with Crippen molar-refractivity contribution in [3.63, 3.8) is 0 Å². The first kappa shape index (κ1) is 21.3. The lowest BCUT2D eigenvalue weighted by Crippen LogP contribution is -2.35. The molecule has 5 rings (SSSR count). The summed E-state index contributed by atoms with van der Waals surface area (Å²) in [5.41, 5.74) is 3.78. The first-order valence-corrected chi connectivity index (χ1v) is 11.2. The zero-order valence-electron chi connectivity index (χ0n) is 18.4. The van der Waals surface area contributed by atoms with Gasteiger partial charge in [0, 0.05) is 42.7 Å². The summed E-state index contributed by atoms with van der Waals surface area (Å²) in [5, 5.41) is 22.2. The molecule has 33 heavy (non-hydrogen) atoms. The first-order valence-electron chi connectivity index (χ1n) is 11.2. The summed E-state index contributed by atoms with van der Waals surface area (Å²) in [5.74, 6) is 0.388. The largest absolute Gasteiger partial charge is 0.507 e. The molecule has 3 heterocycles. The zero-order chi connectivity index (χ0) is 22.8. The smallest absolute Gasteiger partial charge is 0.233 e. The minimum Gasteiger partial charge on any atom is -0.507 e. The van der Waals surface area contributed by atoms with Crippen LogP contribution in [0.25, 0.3) is 28.0 Å². The lowest BCUT2D eigenvalue weighted by Gasteiger charge is -2.22. The zero-order valence-corrected chi connectivity index (χ0v) is 18.4. The normalized spacial score (nSPS) is 21.1. The highest BCUT2D eigenvalue weighted by atomic mass is 19.1. The molecule has 0 amide bonds. The number of rotatable bonds is 5. The predicted molar refractivity (Wildman–Crippen MR) is 124 cm³/mol. The molecule has 1 saturated carbocycles. The van der Waals surface area contributed by atoms with E-state index in [1.165, 1.54) is 0 Å². The Hall–Kier alpha value is -3.52. The quantitative estimate of drug-likeness (QED) is 0.441. The van der Waals surface area contributed by atoms with Crippen LogP contribution in [0.2, 0.25) is 0 Å². The van der Waals surface area contributed by atoms with Gasteiger partial charge >= 0.3 is 0 Å². The molecule has 0 aliphatic heterocycles. The summed E-state index contributed by atoms with van der Waals surface area (Å²) in [6.07, 6.45) is 6.87. The van der Waals surface area contributed by atoms with E-state index in [9.17, 15) is 9.50 Å². The molecule has 170 valence electrons. The minimum absolute atomic E-state index is 0.102. The van der Waals surface area contributed by atoms with Crippen LogP contribution in [0.5, 0.6) is 11.6 Å². The molecule has 1 aromatic carbocycles. The molecule has 3 aromatic heterocycles. The van der Waals surface area contributed by atoms with Gasteiger partial charge in [0.2, 0.25) is 5.88 Å². The number of fused-ring (bicyclic) bond motifs is 1. The molecular formula is C25H26FN5O2. The molecule has 1 aliphatic carbocycles. The van der Waals surface area contributed by atoms with Crippen LogP contribution >= 0.6 is 0 Å². The summed E-state index contributed by atoms with van der Waals surface area (Å²) in [4.78, 5) is 4.25. The van der Waals surface area contributed by atoms with Gasteiger partial charge < -0.3 is 19.6 Å². The highest BCUT2D eigenvalue weighted by molar-refractivity contribution is 5.74. The standard InChI is InChI=1S/C25H26FN5O2/c1-27-18-3-2-4-20(26)23(14-18)33-25-10-8-21(29-30-25)19-7-5-16(13-22(19)32)17-6-9-24-28-11-12-31(24)15-17/h5-13,15,18,20,23,27,32H,2-4,14H2,1H3/t18?,20?,23-/m0/s1. The van der Waals surface area contributed by atoms with Crippen LogP contribution in [-0.2, 0) is 0 Å². The summed E-state index contributed by atoms with van der Waals surface area (Å²) in [7, 11) is 1.89. The molecule has 4 aromatic rings. The summed E-state index contributed by atoms with van der Waals surface area (Å²) in [6, 6.07) is 13.0. The molecule has 0 saturated heterocycles. The molecule has 7 nitrogen and oxygen atoms in total. The van der Waals surface area contributed by atoms with E-state index in [4.69, 9.17) is 4.74 Å². The SMILES string of the molecule is CNC1CCCC(F)[C@@H](Oc2ccc(-c3ccc(-c4ccc5nccn5c4)cc3O)nn2)C1. The number of phenolic OH excluding ortho intramolecular Hbond substituents is 1. The van der Waals surface area contributed by atoms with Crippen LogP contribution in [-0.4, -0.2) is 50.1 Å². The second-order valence-electron chi connectivity index (χ2n) is 8.42. The number of hydrogen-bond acceptors (Lipinski definition) is 6. The van der Waals surface area contributed by atoms with Crippen LogP contribution in [0.1, 0.15) is 25.7 Å². The number of ether oxygens (including phenoxy) is 1. The van der Waals surface area contributed by atoms with Crippen molar-refractivity contribution in [2.75, 3.05) is 7.05 Å². The maximum absolute atomic E-state index is 14.5. The first-order chi connectivity index (χ1) is 16.1. The Morgan fingerprint density at radius 2 is 1.97 bits per heavy atom. The summed E-state index contributed by atoms with van der Waals surface area (Å²) in [6.45, 7) is 0. The van der Waals surface area contributed by atoms with E-state index in [2.05, 4.69) is 20.5 Å². The van der Waals surface area contributed by atoms with E-state index in [0.29, 0.717) is 24.1 Å². The van der Waals surface area contributed by atoms with Crippen LogP contribution in [0, 0.1) is 0 Å². The Morgan fingerprint density at radius 1 is 1.09 bits per heavy atom. The number of aromatic nitrogens is 4. The van der Waals surface area contributed by atoms with Gasteiger partial charge in [0.1, 0.15) is 23.7 Å². The molecule has 8 heteroatoms. The fraction of sp³-hybridized carbons (Fsp3) is 0.320. The van der Waals surface area contributed by atoms with Crippen LogP contribution in [0.15, 0.2) is 61.1 Å². The Kier molecular flexibility index (Phi) is 5.92. The lowest BCUT2D eigenvalue weighted by atomic mass is 10.0. The van der Waals surface area contributed by atoms with Crippen molar-refractivity contribution in [3.05, 3.63) is 61.1 Å². The van der Waals surface area contributed by atoms with Crippen molar-refractivity contribution >= 4 is 5.65 Å². The fourth-order valence-electron chi connectivity index (χ4n) is 4.38. The third-order valence-corrected chi connectivity index (χ3v) is 6.27. The number of nitrogens with zero attached hydrogens (tertiary/aromatic N) is 4. The van der Waals surface area contributed by atoms with Gasteiger partial charge in [-0.1, -0.05) is 6.07 Å². The van der Waals surface area contributed by atoms with Crippen molar-refractivity contribution < 1.29 is 14.2 Å². The number of hydrogen-bond donors (Lipinski definition) is 2. The minimum atomic E-state index is -1.03. The van der Waals surface area contributed by atoms with E-state index < -0.39 is 12.3 Å². The van der Waals surface area contributed by atoms with Gasteiger partial charge in [0.15, 0.2) is 0 Å². The van der Waals surface area contributed by atoms with Gasteiger partial charge in [0.05, 0.1) is 5.69 Å². The molecule has 3 atom stereocenters. The van der Waals surface area contributed by atoms with E-state index >= 15 is 0 Å². The molecule has 0 radical (unpaired) electrons. The maximum atomic E-state index is 14.5. The average Bonchev–Trinajstić information content (AvgIpc) is 3.23. The van der Waals surface area contributed by atoms with Gasteiger partial charge in [-0.2, -0.15) is 0 Å². The second-order valence-corrected chi connectivity index (χ2v) is 8.42. The Bertz CT molecular complexity index is 1240. The molecule has 0 bridgehead atoms. The van der Waals surface area contributed by atoms with Crippen molar-refractivity contribution in [2.45, 2.75) is 44.0 Å². The van der Waals surface area contributed by atoms with E-state index in [-0.39, 0.29) is 17.7 Å². The van der Waals surface area contributed by atoms with Gasteiger partial charge in [-0.25, -0.2) is 9.37 Å². The summed E-state index contributed by atoms with van der Waals surface area (Å²) < 4.78 is 22.3. The van der Waals surface area contributed by atoms with Gasteiger partial charge in [-0.3, -0.25) is 0 Å². The van der Waals surface area contributed by atoms with Crippen LogP contribution in [0.4, 0.5) is 4.39 Å². The second kappa shape index (κ2) is 9.15. The van der Waals surface area contributed by atoms with Gasteiger partial charge in [-0.15, -0.1) is 10.2 Å². The third-order valence-electron chi connectivity index (χ3n) is 6.27. The summed E-state index contributed by atoms with van der Waals surface area (Å²) >= 11 is 0. The highest BCUT2D eigenvalue weighted by Crippen LogP contribution is 2.33. The van der Waals surface area contributed by atoms with E-state index in [1.807, 2.05) is 48.1 Å².